The van der Waals surface area contributed by atoms with Crippen molar-refractivity contribution in [3.63, 3.8) is 0 Å². The topological polar surface area (TPSA) is 93.5 Å². The zero-order chi connectivity index (χ0) is 20.4. The molecule has 0 unspecified atom stereocenters. The van der Waals surface area contributed by atoms with Gasteiger partial charge < -0.3 is 19.5 Å². The number of aliphatic hydroxyl groups is 1. The lowest BCUT2D eigenvalue weighted by Gasteiger charge is -2.34. The summed E-state index contributed by atoms with van der Waals surface area (Å²) in [5.74, 6) is 1.24. The average Bonchev–Trinajstić information content (AvgIpc) is 3.29. The van der Waals surface area contributed by atoms with Crippen molar-refractivity contribution in [2.24, 2.45) is 5.92 Å². The van der Waals surface area contributed by atoms with Gasteiger partial charge in [0.2, 0.25) is 11.8 Å². The first kappa shape index (κ1) is 19.5. The van der Waals surface area contributed by atoms with E-state index in [1.54, 1.807) is 30.7 Å². The van der Waals surface area contributed by atoms with Crippen LogP contribution >= 0.6 is 11.3 Å². The molecular formula is C20H23N5O3S. The zero-order valence-corrected chi connectivity index (χ0v) is 17.4. The van der Waals surface area contributed by atoms with Gasteiger partial charge in [-0.1, -0.05) is 13.0 Å². The molecule has 1 aliphatic rings. The third-order valence-corrected chi connectivity index (χ3v) is 5.90. The second kappa shape index (κ2) is 8.30. The van der Waals surface area contributed by atoms with Crippen LogP contribution in [0.3, 0.4) is 0 Å². The van der Waals surface area contributed by atoms with E-state index in [-0.39, 0.29) is 18.0 Å². The maximum absolute atomic E-state index is 10.0. The first-order chi connectivity index (χ1) is 14.1. The number of anilines is 1. The standard InChI is InChI=1S/C20H23N5O3S/c1-12-11-25(7-6-15(12)26)19-21-10-13(18(24-19)16-5-4-8-29-16)14-9-17(27-2)23-20(22-14)28-3/h4-5,8-10,12,15,26H,6-7,11H2,1-3H3/t12-,15-/m1/s1. The molecule has 0 radical (unpaired) electrons. The van der Waals surface area contributed by atoms with E-state index in [0.717, 1.165) is 29.2 Å². The highest BCUT2D eigenvalue weighted by Gasteiger charge is 2.26. The summed E-state index contributed by atoms with van der Waals surface area (Å²) in [5.41, 5.74) is 2.21. The number of ether oxygens (including phenoxy) is 2. The summed E-state index contributed by atoms with van der Waals surface area (Å²) in [4.78, 5) is 21.3. The number of methoxy groups -OCH3 is 2. The average molecular weight is 414 g/mol. The number of rotatable bonds is 5. The third kappa shape index (κ3) is 4.01. The zero-order valence-electron chi connectivity index (χ0n) is 16.6. The maximum atomic E-state index is 10.0. The smallest absolute Gasteiger partial charge is 0.320 e. The van der Waals surface area contributed by atoms with Gasteiger partial charge in [0.1, 0.15) is 0 Å². The molecule has 2 atom stereocenters. The van der Waals surface area contributed by atoms with Crippen molar-refractivity contribution in [2.45, 2.75) is 19.4 Å². The van der Waals surface area contributed by atoms with E-state index >= 15 is 0 Å². The van der Waals surface area contributed by atoms with Crippen molar-refractivity contribution < 1.29 is 14.6 Å². The SMILES string of the molecule is COc1cc(-c2cnc(N3CC[C@@H](O)[C@H](C)C3)nc2-c2cccs2)nc(OC)n1. The minimum absolute atomic E-state index is 0.174. The molecular weight excluding hydrogens is 390 g/mol. The summed E-state index contributed by atoms with van der Waals surface area (Å²) in [7, 11) is 3.07. The van der Waals surface area contributed by atoms with Gasteiger partial charge in [-0.05, 0) is 23.8 Å². The summed E-state index contributed by atoms with van der Waals surface area (Å²) < 4.78 is 10.5. The van der Waals surface area contributed by atoms with E-state index in [9.17, 15) is 5.11 Å². The predicted molar refractivity (Wildman–Crippen MR) is 111 cm³/mol. The molecule has 0 aliphatic carbocycles. The fourth-order valence-electron chi connectivity index (χ4n) is 3.37. The highest BCUT2D eigenvalue weighted by Crippen LogP contribution is 2.35. The van der Waals surface area contributed by atoms with Crippen molar-refractivity contribution in [1.29, 1.82) is 0 Å². The lowest BCUT2D eigenvalue weighted by atomic mass is 9.97. The van der Waals surface area contributed by atoms with Crippen LogP contribution in [0.1, 0.15) is 13.3 Å². The number of thiophene rings is 1. The molecule has 0 aromatic carbocycles. The molecule has 1 saturated heterocycles. The van der Waals surface area contributed by atoms with Gasteiger partial charge in [0, 0.05) is 30.9 Å². The molecule has 8 nitrogen and oxygen atoms in total. The number of hydrogen-bond donors (Lipinski definition) is 1. The maximum Gasteiger partial charge on any atom is 0.320 e. The van der Waals surface area contributed by atoms with Gasteiger partial charge in [-0.25, -0.2) is 9.97 Å². The molecule has 0 spiro atoms. The van der Waals surface area contributed by atoms with Gasteiger partial charge in [0.25, 0.3) is 0 Å². The fourth-order valence-corrected chi connectivity index (χ4v) is 4.09. The van der Waals surface area contributed by atoms with E-state index in [0.29, 0.717) is 23.9 Å². The van der Waals surface area contributed by atoms with Gasteiger partial charge in [-0.15, -0.1) is 11.3 Å². The van der Waals surface area contributed by atoms with Gasteiger partial charge in [-0.3, -0.25) is 0 Å². The van der Waals surface area contributed by atoms with E-state index in [4.69, 9.17) is 14.5 Å². The van der Waals surface area contributed by atoms with Crippen LogP contribution in [-0.4, -0.2) is 58.5 Å². The van der Waals surface area contributed by atoms with Crippen molar-refractivity contribution in [3.8, 4) is 33.7 Å². The minimum atomic E-state index is -0.275. The molecule has 1 aliphatic heterocycles. The van der Waals surface area contributed by atoms with Crippen molar-refractivity contribution in [3.05, 3.63) is 29.8 Å². The Morgan fingerprint density at radius 1 is 1.21 bits per heavy atom. The molecule has 0 saturated carbocycles. The molecule has 1 fully saturated rings. The highest BCUT2D eigenvalue weighted by atomic mass is 32.1. The number of aliphatic hydroxyl groups excluding tert-OH is 1. The van der Waals surface area contributed by atoms with Crippen LogP contribution < -0.4 is 14.4 Å². The number of piperidine rings is 1. The molecule has 0 amide bonds. The lowest BCUT2D eigenvalue weighted by Crippen LogP contribution is -2.42. The van der Waals surface area contributed by atoms with Crippen LogP contribution in [-0.2, 0) is 0 Å². The van der Waals surface area contributed by atoms with Crippen LogP contribution in [0.15, 0.2) is 29.8 Å². The van der Waals surface area contributed by atoms with E-state index in [1.807, 2.05) is 24.4 Å². The van der Waals surface area contributed by atoms with E-state index in [1.165, 1.54) is 7.11 Å². The van der Waals surface area contributed by atoms with E-state index in [2.05, 4.69) is 19.9 Å². The molecule has 4 rings (SSSR count). The number of aromatic nitrogens is 4. The van der Waals surface area contributed by atoms with Gasteiger partial charge in [-0.2, -0.15) is 9.97 Å². The quantitative estimate of drug-likeness (QED) is 0.682. The first-order valence-corrected chi connectivity index (χ1v) is 10.3. The molecule has 29 heavy (non-hydrogen) atoms. The van der Waals surface area contributed by atoms with Crippen molar-refractivity contribution in [1.82, 2.24) is 19.9 Å². The van der Waals surface area contributed by atoms with Crippen LogP contribution in [0.5, 0.6) is 11.9 Å². The van der Waals surface area contributed by atoms with Gasteiger partial charge in [0.05, 0.1) is 36.6 Å². The minimum Gasteiger partial charge on any atom is -0.481 e. The Labute approximate surface area is 173 Å². The summed E-state index contributed by atoms with van der Waals surface area (Å²) in [6.07, 6.45) is 2.22. The third-order valence-electron chi connectivity index (χ3n) is 5.02. The molecule has 9 heteroatoms. The first-order valence-electron chi connectivity index (χ1n) is 9.40. The Bertz CT molecular complexity index is 960. The Kier molecular flexibility index (Phi) is 5.59. The Hall–Kier alpha value is -2.78. The molecule has 4 heterocycles. The summed E-state index contributed by atoms with van der Waals surface area (Å²) in [6.45, 7) is 3.49. The largest absolute Gasteiger partial charge is 0.481 e. The molecule has 3 aromatic rings. The van der Waals surface area contributed by atoms with E-state index < -0.39 is 0 Å². The van der Waals surface area contributed by atoms with Crippen molar-refractivity contribution >= 4 is 17.3 Å². The highest BCUT2D eigenvalue weighted by molar-refractivity contribution is 7.13. The second-order valence-corrected chi connectivity index (χ2v) is 7.92. The lowest BCUT2D eigenvalue weighted by molar-refractivity contribution is 0.0966. The van der Waals surface area contributed by atoms with Crippen LogP contribution in [0.4, 0.5) is 5.95 Å². The van der Waals surface area contributed by atoms with Crippen molar-refractivity contribution in [2.75, 3.05) is 32.2 Å². The molecule has 1 N–H and O–H groups in total. The Morgan fingerprint density at radius 3 is 2.76 bits per heavy atom. The monoisotopic (exact) mass is 413 g/mol. The number of hydrogen-bond acceptors (Lipinski definition) is 9. The fraction of sp³-hybridized carbons (Fsp3) is 0.400. The Morgan fingerprint density at radius 2 is 2.07 bits per heavy atom. The summed E-state index contributed by atoms with van der Waals surface area (Å²) in [6, 6.07) is 5.99. The number of nitrogens with zero attached hydrogens (tertiary/aromatic N) is 5. The van der Waals surface area contributed by atoms with Crippen LogP contribution in [0.2, 0.25) is 0 Å². The summed E-state index contributed by atoms with van der Waals surface area (Å²) in [5, 5.41) is 12.1. The predicted octanol–water partition coefficient (Wildman–Crippen LogP) is 2.89. The van der Waals surface area contributed by atoms with Crippen LogP contribution in [0.25, 0.3) is 21.8 Å². The Balaban J connectivity index is 1.79. The molecule has 0 bridgehead atoms. The van der Waals surface area contributed by atoms with Crippen LogP contribution in [0, 0.1) is 5.92 Å². The normalized spacial score (nSPS) is 19.2. The van der Waals surface area contributed by atoms with Gasteiger partial charge >= 0.3 is 6.01 Å². The molecule has 3 aromatic heterocycles. The van der Waals surface area contributed by atoms with Gasteiger partial charge in [0.15, 0.2) is 0 Å². The molecule has 152 valence electrons. The summed E-state index contributed by atoms with van der Waals surface area (Å²) >= 11 is 1.61. The second-order valence-electron chi connectivity index (χ2n) is 6.97.